The van der Waals surface area contributed by atoms with E-state index in [1.165, 1.54) is 10.9 Å². The van der Waals surface area contributed by atoms with E-state index in [-0.39, 0.29) is 23.9 Å². The highest BCUT2D eigenvalue weighted by molar-refractivity contribution is 5.91. The summed E-state index contributed by atoms with van der Waals surface area (Å²) in [7, 11) is 0. The van der Waals surface area contributed by atoms with E-state index in [1.807, 2.05) is 24.7 Å². The summed E-state index contributed by atoms with van der Waals surface area (Å²) < 4.78 is 8.69. The zero-order valence-corrected chi connectivity index (χ0v) is 14.4. The molecule has 0 aliphatic carbocycles. The Morgan fingerprint density at radius 3 is 2.81 bits per heavy atom. The predicted molar refractivity (Wildman–Crippen MR) is 90.5 cm³/mol. The first-order chi connectivity index (χ1) is 12.5. The van der Waals surface area contributed by atoms with Gasteiger partial charge in [0.1, 0.15) is 18.2 Å². The van der Waals surface area contributed by atoms with Gasteiger partial charge in [0.25, 0.3) is 5.91 Å². The molecular formula is C16H18N6O4. The lowest BCUT2D eigenvalue weighted by atomic mass is 10.2. The molecular weight excluding hydrogens is 340 g/mol. The van der Waals surface area contributed by atoms with Gasteiger partial charge < -0.3 is 9.73 Å². The summed E-state index contributed by atoms with van der Waals surface area (Å²) in [5.74, 6) is 0.302. The number of amides is 1. The Balaban J connectivity index is 1.60. The van der Waals surface area contributed by atoms with Crippen LogP contribution >= 0.6 is 0 Å². The number of nitrogens with zero attached hydrogens (tertiary/aromatic N) is 5. The number of nitrogens with one attached hydrogen (secondary N) is 1. The summed E-state index contributed by atoms with van der Waals surface area (Å²) in [4.78, 5) is 22.4. The van der Waals surface area contributed by atoms with Crippen molar-refractivity contribution in [2.45, 2.75) is 33.5 Å². The van der Waals surface area contributed by atoms with Crippen molar-refractivity contribution in [1.82, 2.24) is 24.9 Å². The normalized spacial score (nSPS) is 10.8. The summed E-state index contributed by atoms with van der Waals surface area (Å²) in [6.07, 6.45) is 4.36. The average Bonchev–Trinajstić information content (AvgIpc) is 3.33. The molecule has 10 heteroatoms. The van der Waals surface area contributed by atoms with E-state index in [0.717, 1.165) is 24.0 Å². The molecule has 3 heterocycles. The van der Waals surface area contributed by atoms with Crippen LogP contribution < -0.4 is 5.32 Å². The van der Waals surface area contributed by atoms with E-state index in [2.05, 4.69) is 15.5 Å². The fourth-order valence-electron chi connectivity index (χ4n) is 2.44. The van der Waals surface area contributed by atoms with Crippen LogP contribution in [0.15, 0.2) is 35.1 Å². The van der Waals surface area contributed by atoms with Gasteiger partial charge in [0.2, 0.25) is 0 Å². The summed E-state index contributed by atoms with van der Waals surface area (Å²) in [6, 6.07) is 3.20. The Bertz CT molecular complexity index is 938. The Kier molecular flexibility index (Phi) is 4.83. The first-order valence-electron chi connectivity index (χ1n) is 8.03. The van der Waals surface area contributed by atoms with Gasteiger partial charge in [0.05, 0.1) is 17.2 Å². The molecule has 0 spiro atoms. The minimum absolute atomic E-state index is 0.0995. The second kappa shape index (κ2) is 7.21. The monoisotopic (exact) mass is 358 g/mol. The third kappa shape index (κ3) is 3.79. The SMILES string of the molecule is CCn1cc(CNC(=O)c2ccc(Cn3cc([N+](=O)[O-])cn3)o2)c(C)n1. The van der Waals surface area contributed by atoms with Crippen molar-refractivity contribution in [1.29, 1.82) is 0 Å². The van der Waals surface area contributed by atoms with Crippen LogP contribution in [-0.2, 0) is 19.6 Å². The van der Waals surface area contributed by atoms with Crippen LogP contribution in [-0.4, -0.2) is 30.4 Å². The van der Waals surface area contributed by atoms with Crippen molar-refractivity contribution in [3.8, 4) is 0 Å². The third-order valence-electron chi connectivity index (χ3n) is 3.85. The molecule has 3 aromatic heterocycles. The van der Waals surface area contributed by atoms with Crippen molar-refractivity contribution in [3.63, 3.8) is 0 Å². The number of hydrogen-bond acceptors (Lipinski definition) is 6. The number of aryl methyl sites for hydroxylation is 2. The number of furan rings is 1. The van der Waals surface area contributed by atoms with Crippen LogP contribution in [0, 0.1) is 17.0 Å². The van der Waals surface area contributed by atoms with E-state index in [9.17, 15) is 14.9 Å². The second-order valence-electron chi connectivity index (χ2n) is 5.70. The molecule has 3 aromatic rings. The topological polar surface area (TPSA) is 121 Å². The Labute approximate surface area is 148 Å². The summed E-state index contributed by atoms with van der Waals surface area (Å²) >= 11 is 0. The molecule has 0 radical (unpaired) electrons. The van der Waals surface area contributed by atoms with Crippen molar-refractivity contribution < 1.29 is 14.1 Å². The molecule has 0 saturated carbocycles. The Morgan fingerprint density at radius 1 is 1.35 bits per heavy atom. The summed E-state index contributed by atoms with van der Waals surface area (Å²) in [5, 5.41) is 21.7. The van der Waals surface area contributed by atoms with Gasteiger partial charge in [0.15, 0.2) is 5.76 Å². The molecule has 0 aromatic carbocycles. The smallest absolute Gasteiger partial charge is 0.307 e. The van der Waals surface area contributed by atoms with E-state index in [0.29, 0.717) is 12.3 Å². The quantitative estimate of drug-likeness (QED) is 0.508. The molecule has 0 unspecified atom stereocenters. The van der Waals surface area contributed by atoms with Crippen LogP contribution in [0.5, 0.6) is 0 Å². The van der Waals surface area contributed by atoms with Crippen molar-refractivity contribution >= 4 is 11.6 Å². The highest BCUT2D eigenvalue weighted by Gasteiger charge is 2.14. The average molecular weight is 358 g/mol. The maximum atomic E-state index is 12.2. The molecule has 1 amide bonds. The zero-order chi connectivity index (χ0) is 18.7. The van der Waals surface area contributed by atoms with E-state index >= 15 is 0 Å². The van der Waals surface area contributed by atoms with Crippen LogP contribution in [0.2, 0.25) is 0 Å². The lowest BCUT2D eigenvalue weighted by molar-refractivity contribution is -0.385. The minimum Gasteiger partial charge on any atom is -0.454 e. The molecule has 3 rings (SSSR count). The number of rotatable bonds is 7. The molecule has 1 N–H and O–H groups in total. The Morgan fingerprint density at radius 2 is 2.15 bits per heavy atom. The van der Waals surface area contributed by atoms with Crippen LogP contribution in [0.25, 0.3) is 0 Å². The maximum Gasteiger partial charge on any atom is 0.307 e. The first-order valence-corrected chi connectivity index (χ1v) is 8.03. The fourth-order valence-corrected chi connectivity index (χ4v) is 2.44. The molecule has 136 valence electrons. The fraction of sp³-hybridized carbons (Fsp3) is 0.312. The summed E-state index contributed by atoms with van der Waals surface area (Å²) in [5.41, 5.74) is 1.71. The zero-order valence-electron chi connectivity index (χ0n) is 14.4. The lowest BCUT2D eigenvalue weighted by Gasteiger charge is -2.02. The molecule has 0 fully saturated rings. The second-order valence-corrected chi connectivity index (χ2v) is 5.70. The first kappa shape index (κ1) is 17.4. The lowest BCUT2D eigenvalue weighted by Crippen LogP contribution is -2.22. The number of carbonyl (C=O) groups excluding carboxylic acids is 1. The van der Waals surface area contributed by atoms with Gasteiger partial charge in [-0.05, 0) is 26.0 Å². The van der Waals surface area contributed by atoms with Gasteiger partial charge >= 0.3 is 5.69 Å². The number of nitro groups is 1. The molecule has 0 bridgehead atoms. The molecule has 0 saturated heterocycles. The third-order valence-corrected chi connectivity index (χ3v) is 3.85. The number of aromatic nitrogens is 4. The van der Waals surface area contributed by atoms with Crippen molar-refractivity contribution in [2.24, 2.45) is 0 Å². The number of carbonyl (C=O) groups is 1. The van der Waals surface area contributed by atoms with Gasteiger partial charge in [0, 0.05) is 24.8 Å². The molecule has 10 nitrogen and oxygen atoms in total. The van der Waals surface area contributed by atoms with Gasteiger partial charge in [-0.25, -0.2) is 0 Å². The van der Waals surface area contributed by atoms with Crippen molar-refractivity contribution in [2.75, 3.05) is 0 Å². The van der Waals surface area contributed by atoms with Gasteiger partial charge in [-0.15, -0.1) is 0 Å². The van der Waals surface area contributed by atoms with Gasteiger partial charge in [-0.3, -0.25) is 24.3 Å². The van der Waals surface area contributed by atoms with Crippen LogP contribution in [0.4, 0.5) is 5.69 Å². The molecule has 26 heavy (non-hydrogen) atoms. The molecule has 0 aliphatic rings. The largest absolute Gasteiger partial charge is 0.454 e. The maximum absolute atomic E-state index is 12.2. The van der Waals surface area contributed by atoms with E-state index in [1.54, 1.807) is 12.1 Å². The van der Waals surface area contributed by atoms with Crippen LogP contribution in [0.1, 0.15) is 34.5 Å². The minimum atomic E-state index is -0.521. The predicted octanol–water partition coefficient (Wildman–Crippen LogP) is 1.89. The van der Waals surface area contributed by atoms with Crippen molar-refractivity contribution in [3.05, 3.63) is 63.6 Å². The van der Waals surface area contributed by atoms with E-state index in [4.69, 9.17) is 4.42 Å². The standard InChI is InChI=1S/C16H18N6O4/c1-3-20-8-12(11(2)19-20)6-17-16(23)15-5-4-14(26-15)10-21-9-13(7-18-21)22(24)25/h4-5,7-9H,3,6,10H2,1-2H3,(H,17,23). The number of hydrogen-bond donors (Lipinski definition) is 1. The Hall–Kier alpha value is -3.43. The van der Waals surface area contributed by atoms with Gasteiger partial charge in [-0.2, -0.15) is 10.2 Å². The summed E-state index contributed by atoms with van der Waals surface area (Å²) in [6.45, 7) is 5.20. The van der Waals surface area contributed by atoms with E-state index < -0.39 is 4.92 Å². The molecule has 0 aliphatic heterocycles. The van der Waals surface area contributed by atoms with Gasteiger partial charge in [-0.1, -0.05) is 0 Å². The molecule has 0 atom stereocenters. The highest BCUT2D eigenvalue weighted by atomic mass is 16.6. The highest BCUT2D eigenvalue weighted by Crippen LogP contribution is 2.13. The van der Waals surface area contributed by atoms with Crippen LogP contribution in [0.3, 0.4) is 0 Å².